The highest BCUT2D eigenvalue weighted by molar-refractivity contribution is 7.09. The standard InChI is InChI=1S/C19H23N3O2S/c1-11-10-25-17(22-11)16(24-18(20)23)15(19(2,3)4)13-9-21-14-8-6-5-7-12(13)14/h5-10,15-16,21H,1-4H3,(H2,20,23)/t15-,16?/m1/s1. The lowest BCUT2D eigenvalue weighted by atomic mass is 9.73. The molecule has 0 aliphatic carbocycles. The molecule has 0 spiro atoms. The number of nitrogens with zero attached hydrogens (tertiary/aromatic N) is 1. The number of amides is 1. The van der Waals surface area contributed by atoms with Crippen LogP contribution in [0, 0.1) is 12.3 Å². The molecule has 1 unspecified atom stereocenters. The average Bonchev–Trinajstić information content (AvgIpc) is 3.12. The Morgan fingerprint density at radius 1 is 1.32 bits per heavy atom. The third-order valence-corrected chi connectivity index (χ3v) is 5.34. The molecule has 0 aliphatic heterocycles. The average molecular weight is 357 g/mol. The lowest BCUT2D eigenvalue weighted by Crippen LogP contribution is -2.30. The minimum atomic E-state index is -0.785. The first-order valence-electron chi connectivity index (χ1n) is 8.21. The number of benzene rings is 1. The maximum absolute atomic E-state index is 11.6. The zero-order chi connectivity index (χ0) is 18.2. The summed E-state index contributed by atoms with van der Waals surface area (Å²) >= 11 is 1.49. The molecular weight excluding hydrogens is 334 g/mol. The van der Waals surface area contributed by atoms with E-state index in [1.165, 1.54) is 11.3 Å². The molecule has 0 bridgehead atoms. The SMILES string of the molecule is Cc1csc(C(OC(N)=O)[C@@H](c2c[nH]c3ccccc23)C(C)(C)C)n1. The van der Waals surface area contributed by atoms with Gasteiger partial charge in [-0.1, -0.05) is 39.0 Å². The van der Waals surface area contributed by atoms with Crippen molar-refractivity contribution in [1.82, 2.24) is 9.97 Å². The van der Waals surface area contributed by atoms with Gasteiger partial charge < -0.3 is 15.5 Å². The molecule has 1 aromatic carbocycles. The van der Waals surface area contributed by atoms with Gasteiger partial charge in [0.2, 0.25) is 0 Å². The molecule has 0 saturated heterocycles. The molecule has 5 nitrogen and oxygen atoms in total. The van der Waals surface area contributed by atoms with E-state index in [-0.39, 0.29) is 11.3 Å². The first-order valence-corrected chi connectivity index (χ1v) is 9.09. The molecule has 2 atom stereocenters. The molecule has 0 radical (unpaired) electrons. The zero-order valence-corrected chi connectivity index (χ0v) is 15.7. The maximum atomic E-state index is 11.6. The summed E-state index contributed by atoms with van der Waals surface area (Å²) in [5.41, 5.74) is 8.28. The van der Waals surface area contributed by atoms with Crippen molar-refractivity contribution in [2.45, 2.75) is 39.7 Å². The van der Waals surface area contributed by atoms with Crippen LogP contribution < -0.4 is 5.73 Å². The first kappa shape index (κ1) is 17.5. The summed E-state index contributed by atoms with van der Waals surface area (Å²) in [7, 11) is 0. The number of hydrogen-bond acceptors (Lipinski definition) is 4. The second kappa shape index (κ2) is 6.52. The quantitative estimate of drug-likeness (QED) is 0.697. The van der Waals surface area contributed by atoms with Crippen molar-refractivity contribution in [2.75, 3.05) is 0 Å². The Kier molecular flexibility index (Phi) is 4.56. The fourth-order valence-electron chi connectivity index (χ4n) is 3.32. The van der Waals surface area contributed by atoms with E-state index >= 15 is 0 Å². The number of carbonyl (C=O) groups is 1. The molecule has 0 aliphatic rings. The van der Waals surface area contributed by atoms with Crippen LogP contribution in [0.1, 0.15) is 49.1 Å². The number of aryl methyl sites for hydroxylation is 1. The van der Waals surface area contributed by atoms with Crippen molar-refractivity contribution >= 4 is 28.3 Å². The Hall–Kier alpha value is -2.34. The second-order valence-corrected chi connectivity index (χ2v) is 8.21. The molecule has 3 N–H and O–H groups in total. The summed E-state index contributed by atoms with van der Waals surface area (Å²) in [6.07, 6.45) is 0.681. The molecule has 2 heterocycles. The molecule has 0 saturated carbocycles. The van der Waals surface area contributed by atoms with Gasteiger partial charge in [-0.05, 0) is 24.0 Å². The largest absolute Gasteiger partial charge is 0.438 e. The van der Waals surface area contributed by atoms with Crippen molar-refractivity contribution in [3.63, 3.8) is 0 Å². The molecule has 3 aromatic rings. The van der Waals surface area contributed by atoms with Crippen molar-refractivity contribution in [3.05, 3.63) is 52.1 Å². The fourth-order valence-corrected chi connectivity index (χ4v) is 4.18. The van der Waals surface area contributed by atoms with Gasteiger partial charge >= 0.3 is 6.09 Å². The van der Waals surface area contributed by atoms with E-state index in [2.05, 4.69) is 36.8 Å². The number of aromatic amines is 1. The van der Waals surface area contributed by atoms with Gasteiger partial charge in [-0.3, -0.25) is 0 Å². The van der Waals surface area contributed by atoms with Crippen LogP contribution in [0.3, 0.4) is 0 Å². The summed E-state index contributed by atoms with van der Waals surface area (Å²) < 4.78 is 5.58. The lowest BCUT2D eigenvalue weighted by Gasteiger charge is -2.35. The Morgan fingerprint density at radius 3 is 2.64 bits per heavy atom. The highest BCUT2D eigenvalue weighted by Crippen LogP contribution is 2.48. The van der Waals surface area contributed by atoms with Crippen LogP contribution in [-0.4, -0.2) is 16.1 Å². The van der Waals surface area contributed by atoms with E-state index in [0.29, 0.717) is 0 Å². The van der Waals surface area contributed by atoms with Gasteiger partial charge in [0.15, 0.2) is 6.10 Å². The summed E-state index contributed by atoms with van der Waals surface area (Å²) in [6, 6.07) is 8.12. The number of nitrogens with one attached hydrogen (secondary N) is 1. The van der Waals surface area contributed by atoms with Gasteiger partial charge in [0, 0.05) is 34.1 Å². The Labute approximate surface area is 151 Å². The normalized spacial score (nSPS) is 14.4. The predicted octanol–water partition coefficient (Wildman–Crippen LogP) is 4.90. The second-order valence-electron chi connectivity index (χ2n) is 7.32. The summed E-state index contributed by atoms with van der Waals surface area (Å²) in [5, 5.41) is 3.84. The van der Waals surface area contributed by atoms with Crippen LogP contribution in [0.2, 0.25) is 0 Å². The van der Waals surface area contributed by atoms with E-state index in [4.69, 9.17) is 10.5 Å². The van der Waals surface area contributed by atoms with Gasteiger partial charge in [0.1, 0.15) is 5.01 Å². The van der Waals surface area contributed by atoms with Crippen LogP contribution >= 0.6 is 11.3 Å². The fraction of sp³-hybridized carbons (Fsp3) is 0.368. The number of nitrogens with two attached hydrogens (primary N) is 1. The topological polar surface area (TPSA) is 81.0 Å². The zero-order valence-electron chi connectivity index (χ0n) is 14.9. The molecule has 0 fully saturated rings. The number of hydrogen-bond donors (Lipinski definition) is 2. The van der Waals surface area contributed by atoms with Gasteiger partial charge in [-0.2, -0.15) is 0 Å². The molecule has 25 heavy (non-hydrogen) atoms. The van der Waals surface area contributed by atoms with Crippen LogP contribution in [0.25, 0.3) is 10.9 Å². The maximum Gasteiger partial charge on any atom is 0.405 e. The first-order chi connectivity index (χ1) is 11.8. The Morgan fingerprint density at radius 2 is 2.04 bits per heavy atom. The van der Waals surface area contributed by atoms with Crippen LogP contribution in [0.4, 0.5) is 4.79 Å². The number of ether oxygens (including phenoxy) is 1. The molecule has 3 rings (SSSR count). The molecule has 1 amide bonds. The van der Waals surface area contributed by atoms with Crippen molar-refractivity contribution in [1.29, 1.82) is 0 Å². The lowest BCUT2D eigenvalue weighted by molar-refractivity contribution is 0.0581. The Balaban J connectivity index is 2.17. The van der Waals surface area contributed by atoms with E-state index in [0.717, 1.165) is 27.2 Å². The van der Waals surface area contributed by atoms with Crippen molar-refractivity contribution in [3.8, 4) is 0 Å². The van der Waals surface area contributed by atoms with E-state index in [1.807, 2.05) is 36.7 Å². The number of H-pyrrole nitrogens is 1. The van der Waals surface area contributed by atoms with Crippen molar-refractivity contribution < 1.29 is 9.53 Å². The third-order valence-electron chi connectivity index (χ3n) is 4.32. The van der Waals surface area contributed by atoms with Crippen LogP contribution in [0.15, 0.2) is 35.8 Å². The molecule has 132 valence electrons. The number of thiazole rings is 1. The summed E-state index contributed by atoms with van der Waals surface area (Å²) in [6.45, 7) is 8.34. The highest BCUT2D eigenvalue weighted by Gasteiger charge is 2.39. The third kappa shape index (κ3) is 3.54. The summed E-state index contributed by atoms with van der Waals surface area (Å²) in [4.78, 5) is 19.5. The number of primary amides is 1. The number of aromatic nitrogens is 2. The van der Waals surface area contributed by atoms with Gasteiger partial charge in [0.25, 0.3) is 0 Å². The van der Waals surface area contributed by atoms with Crippen LogP contribution in [-0.2, 0) is 4.74 Å². The highest BCUT2D eigenvalue weighted by atomic mass is 32.1. The predicted molar refractivity (Wildman–Crippen MR) is 101 cm³/mol. The molecular formula is C19H23N3O2S. The van der Waals surface area contributed by atoms with Gasteiger partial charge in [-0.25, -0.2) is 9.78 Å². The smallest absolute Gasteiger partial charge is 0.405 e. The minimum Gasteiger partial charge on any atom is -0.438 e. The van der Waals surface area contributed by atoms with Gasteiger partial charge in [0.05, 0.1) is 0 Å². The number of rotatable bonds is 4. The number of carbonyl (C=O) groups excluding carboxylic acids is 1. The summed E-state index contributed by atoms with van der Waals surface area (Å²) in [5.74, 6) is -0.0956. The van der Waals surface area contributed by atoms with E-state index in [1.54, 1.807) is 0 Å². The molecule has 6 heteroatoms. The molecule has 2 aromatic heterocycles. The Bertz CT molecular complexity index is 891. The van der Waals surface area contributed by atoms with E-state index < -0.39 is 12.2 Å². The van der Waals surface area contributed by atoms with Crippen LogP contribution in [0.5, 0.6) is 0 Å². The number of para-hydroxylation sites is 1. The van der Waals surface area contributed by atoms with E-state index in [9.17, 15) is 4.79 Å². The minimum absolute atomic E-state index is 0.0956. The van der Waals surface area contributed by atoms with Crippen molar-refractivity contribution in [2.24, 2.45) is 11.1 Å². The van der Waals surface area contributed by atoms with Gasteiger partial charge in [-0.15, -0.1) is 11.3 Å². The number of fused-ring (bicyclic) bond motifs is 1. The monoisotopic (exact) mass is 357 g/mol.